The average Bonchev–Trinajstić information content (AvgIpc) is 3.20. The molecule has 0 atom stereocenters. The third kappa shape index (κ3) is 4.97. The maximum absolute atomic E-state index is 12.1. The van der Waals surface area contributed by atoms with Gasteiger partial charge in [-0.2, -0.15) is 5.26 Å². The number of imidazole rings is 1. The highest BCUT2D eigenvalue weighted by atomic mass is 35.5. The smallest absolute Gasteiger partial charge is 0.262 e. The second-order valence-electron chi connectivity index (χ2n) is 7.17. The van der Waals surface area contributed by atoms with Crippen molar-refractivity contribution in [2.75, 3.05) is 11.9 Å². The number of anilines is 1. The Morgan fingerprint density at radius 1 is 1.19 bits per heavy atom. The molecule has 1 heterocycles. The van der Waals surface area contributed by atoms with Gasteiger partial charge in [-0.1, -0.05) is 41.9 Å². The minimum Gasteiger partial charge on any atom is -0.482 e. The van der Waals surface area contributed by atoms with Crippen LogP contribution in [0.15, 0.2) is 66.7 Å². The molecule has 0 saturated carbocycles. The van der Waals surface area contributed by atoms with Gasteiger partial charge in [0.2, 0.25) is 0 Å². The molecule has 6 nitrogen and oxygen atoms in total. The second-order valence-corrected chi connectivity index (χ2v) is 7.58. The maximum Gasteiger partial charge on any atom is 0.262 e. The van der Waals surface area contributed by atoms with Crippen molar-refractivity contribution in [2.45, 2.75) is 6.92 Å². The summed E-state index contributed by atoms with van der Waals surface area (Å²) in [7, 11) is 0. The summed E-state index contributed by atoms with van der Waals surface area (Å²) in [4.78, 5) is 19.7. The number of carbonyl (C=O) groups excluding carboxylic acids is 1. The monoisotopic (exact) mass is 442 g/mol. The molecule has 1 amide bonds. The number of nitrogens with zero attached hydrogens (tertiary/aromatic N) is 2. The van der Waals surface area contributed by atoms with E-state index in [1.54, 1.807) is 36.4 Å². The summed E-state index contributed by atoms with van der Waals surface area (Å²) in [6, 6.07) is 22.3. The van der Waals surface area contributed by atoms with E-state index in [2.05, 4.69) is 21.4 Å². The fourth-order valence-electron chi connectivity index (χ4n) is 3.16. The fraction of sp³-hybridized carbons (Fsp3) is 0.0800. The summed E-state index contributed by atoms with van der Waals surface area (Å²) in [6.45, 7) is 1.82. The molecule has 0 radical (unpaired) electrons. The van der Waals surface area contributed by atoms with Crippen LogP contribution in [-0.2, 0) is 4.79 Å². The molecule has 2 N–H and O–H groups in total. The number of hydrogen-bond acceptors (Lipinski definition) is 4. The Morgan fingerprint density at radius 2 is 2.00 bits per heavy atom. The van der Waals surface area contributed by atoms with Crippen LogP contribution < -0.4 is 10.1 Å². The van der Waals surface area contributed by atoms with Gasteiger partial charge >= 0.3 is 0 Å². The second kappa shape index (κ2) is 9.38. The number of fused-ring (bicyclic) bond motifs is 1. The van der Waals surface area contributed by atoms with Crippen molar-refractivity contribution in [3.8, 4) is 11.8 Å². The first-order chi connectivity index (χ1) is 15.5. The molecule has 0 aliphatic rings. The number of nitriles is 1. The van der Waals surface area contributed by atoms with E-state index >= 15 is 0 Å². The first-order valence-corrected chi connectivity index (χ1v) is 10.3. The lowest BCUT2D eigenvalue weighted by atomic mass is 10.1. The van der Waals surface area contributed by atoms with Crippen LogP contribution in [0.25, 0.3) is 22.7 Å². The van der Waals surface area contributed by atoms with Crippen LogP contribution in [0.1, 0.15) is 17.0 Å². The van der Waals surface area contributed by atoms with E-state index in [-0.39, 0.29) is 12.5 Å². The summed E-state index contributed by atoms with van der Waals surface area (Å²) >= 11 is 6.34. The van der Waals surface area contributed by atoms with Gasteiger partial charge in [0.05, 0.1) is 21.6 Å². The molecule has 0 aliphatic heterocycles. The van der Waals surface area contributed by atoms with Crippen LogP contribution in [0.3, 0.4) is 0 Å². The number of allylic oxidation sites excluding steroid dienone is 1. The quantitative estimate of drug-likeness (QED) is 0.380. The van der Waals surface area contributed by atoms with Gasteiger partial charge in [0, 0.05) is 5.69 Å². The maximum atomic E-state index is 12.1. The van der Waals surface area contributed by atoms with Crippen molar-refractivity contribution < 1.29 is 9.53 Å². The molecule has 3 aromatic carbocycles. The lowest BCUT2D eigenvalue weighted by Crippen LogP contribution is -2.20. The minimum atomic E-state index is -0.289. The van der Waals surface area contributed by atoms with E-state index in [0.29, 0.717) is 33.4 Å². The van der Waals surface area contributed by atoms with Gasteiger partial charge in [-0.15, -0.1) is 0 Å². The van der Waals surface area contributed by atoms with Crippen molar-refractivity contribution in [3.63, 3.8) is 0 Å². The zero-order chi connectivity index (χ0) is 22.5. The SMILES string of the molecule is Cc1ccc2nc(/C(C#N)=C\c3ccc(OCC(=O)Nc4ccccc4)c(Cl)c3)[nH]c2c1. The van der Waals surface area contributed by atoms with Crippen molar-refractivity contribution >= 4 is 45.9 Å². The Hall–Kier alpha value is -4.08. The molecule has 4 aromatic rings. The third-order valence-electron chi connectivity index (χ3n) is 4.70. The summed E-state index contributed by atoms with van der Waals surface area (Å²) < 4.78 is 5.54. The number of hydrogen-bond donors (Lipinski definition) is 2. The first kappa shape index (κ1) is 21.2. The number of aromatic nitrogens is 2. The van der Waals surface area contributed by atoms with Crippen molar-refractivity contribution in [1.82, 2.24) is 9.97 Å². The molecule has 0 saturated heterocycles. The molecule has 7 heteroatoms. The van der Waals surface area contributed by atoms with Gasteiger partial charge in [0.15, 0.2) is 6.61 Å². The number of ether oxygens (including phenoxy) is 1. The lowest BCUT2D eigenvalue weighted by Gasteiger charge is -2.09. The number of rotatable bonds is 6. The van der Waals surface area contributed by atoms with Gasteiger partial charge in [-0.3, -0.25) is 4.79 Å². The number of amides is 1. The largest absolute Gasteiger partial charge is 0.482 e. The van der Waals surface area contributed by atoms with Crippen LogP contribution in [0, 0.1) is 18.3 Å². The molecule has 4 rings (SSSR count). The first-order valence-electron chi connectivity index (χ1n) is 9.87. The number of para-hydroxylation sites is 1. The molecule has 0 unspecified atom stereocenters. The number of H-pyrrole nitrogens is 1. The van der Waals surface area contributed by atoms with Gasteiger partial charge in [-0.25, -0.2) is 4.98 Å². The van der Waals surface area contributed by atoms with E-state index in [0.717, 1.165) is 16.6 Å². The number of benzene rings is 3. The van der Waals surface area contributed by atoms with E-state index in [1.807, 2.05) is 43.3 Å². The topological polar surface area (TPSA) is 90.8 Å². The minimum absolute atomic E-state index is 0.175. The Kier molecular flexibility index (Phi) is 6.20. The van der Waals surface area contributed by atoms with Crippen LogP contribution >= 0.6 is 11.6 Å². The molecule has 158 valence electrons. The van der Waals surface area contributed by atoms with Crippen molar-refractivity contribution in [2.24, 2.45) is 0 Å². The number of carbonyl (C=O) groups is 1. The molecular formula is C25H19ClN4O2. The van der Waals surface area contributed by atoms with E-state index in [9.17, 15) is 10.1 Å². The number of aromatic amines is 1. The molecule has 32 heavy (non-hydrogen) atoms. The molecule has 0 aliphatic carbocycles. The average molecular weight is 443 g/mol. The number of nitrogens with one attached hydrogen (secondary N) is 2. The summed E-state index contributed by atoms with van der Waals surface area (Å²) in [5.74, 6) is 0.579. The lowest BCUT2D eigenvalue weighted by molar-refractivity contribution is -0.118. The molecule has 0 bridgehead atoms. The summed E-state index contributed by atoms with van der Waals surface area (Å²) in [5.41, 5.74) is 4.56. The Balaban J connectivity index is 1.47. The highest BCUT2D eigenvalue weighted by Crippen LogP contribution is 2.28. The third-order valence-corrected chi connectivity index (χ3v) is 4.99. The van der Waals surface area contributed by atoms with Crippen LogP contribution in [0.5, 0.6) is 5.75 Å². The van der Waals surface area contributed by atoms with Gasteiger partial charge in [0.1, 0.15) is 17.6 Å². The normalized spacial score (nSPS) is 11.2. The molecular weight excluding hydrogens is 424 g/mol. The van der Waals surface area contributed by atoms with Crippen molar-refractivity contribution in [3.05, 3.63) is 88.7 Å². The Bertz CT molecular complexity index is 1350. The van der Waals surface area contributed by atoms with E-state index in [4.69, 9.17) is 16.3 Å². The standard InChI is InChI=1S/C25H19ClN4O2/c1-16-7-9-21-22(11-16)30-25(29-21)18(14-27)12-17-8-10-23(20(26)13-17)32-15-24(31)28-19-5-3-2-4-6-19/h2-13H,15H2,1H3,(H,28,31)(H,29,30)/b18-12-. The molecule has 0 fully saturated rings. The zero-order valence-corrected chi connectivity index (χ0v) is 18.0. The van der Waals surface area contributed by atoms with E-state index < -0.39 is 0 Å². The molecule has 0 spiro atoms. The zero-order valence-electron chi connectivity index (χ0n) is 17.2. The number of aryl methyl sites for hydroxylation is 1. The van der Waals surface area contributed by atoms with Crippen LogP contribution in [0.4, 0.5) is 5.69 Å². The summed E-state index contributed by atoms with van der Waals surface area (Å²) in [6.07, 6.45) is 1.70. The van der Waals surface area contributed by atoms with Crippen molar-refractivity contribution in [1.29, 1.82) is 5.26 Å². The van der Waals surface area contributed by atoms with E-state index in [1.165, 1.54) is 0 Å². The highest BCUT2D eigenvalue weighted by molar-refractivity contribution is 6.32. The Morgan fingerprint density at radius 3 is 2.75 bits per heavy atom. The van der Waals surface area contributed by atoms with Gasteiger partial charge in [0.25, 0.3) is 5.91 Å². The van der Waals surface area contributed by atoms with Crippen LogP contribution in [0.2, 0.25) is 5.02 Å². The van der Waals surface area contributed by atoms with Gasteiger partial charge in [-0.05, 0) is 60.5 Å². The predicted molar refractivity (Wildman–Crippen MR) is 126 cm³/mol. The predicted octanol–water partition coefficient (Wildman–Crippen LogP) is 5.61. The number of halogens is 1. The highest BCUT2D eigenvalue weighted by Gasteiger charge is 2.10. The molecule has 1 aromatic heterocycles. The summed E-state index contributed by atoms with van der Waals surface area (Å²) in [5, 5.41) is 12.7. The van der Waals surface area contributed by atoms with Crippen LogP contribution in [-0.4, -0.2) is 22.5 Å². The Labute approximate surface area is 190 Å². The fourth-order valence-corrected chi connectivity index (χ4v) is 3.40. The van der Waals surface area contributed by atoms with Gasteiger partial charge < -0.3 is 15.0 Å².